The van der Waals surface area contributed by atoms with Gasteiger partial charge in [-0.05, 0) is 49.9 Å². The molecular formula is C20H29N5. The van der Waals surface area contributed by atoms with Crippen molar-refractivity contribution in [3.8, 4) is 0 Å². The smallest absolute Gasteiger partial charge is 0.137 e. The molecule has 1 aromatic carbocycles. The van der Waals surface area contributed by atoms with E-state index in [0.717, 1.165) is 26.1 Å². The summed E-state index contributed by atoms with van der Waals surface area (Å²) in [6, 6.07) is 6.87. The number of hydrogen-bond donors (Lipinski definition) is 0. The van der Waals surface area contributed by atoms with Crippen LogP contribution in [0.3, 0.4) is 0 Å². The maximum Gasteiger partial charge on any atom is 0.137 e. The van der Waals surface area contributed by atoms with E-state index in [9.17, 15) is 0 Å². The molecule has 0 radical (unpaired) electrons. The van der Waals surface area contributed by atoms with E-state index in [1.54, 1.807) is 0 Å². The van der Waals surface area contributed by atoms with E-state index in [0.29, 0.717) is 5.92 Å². The van der Waals surface area contributed by atoms with Crippen LogP contribution >= 0.6 is 0 Å². The van der Waals surface area contributed by atoms with Crippen LogP contribution in [-0.4, -0.2) is 46.8 Å². The fraction of sp³-hybridized carbons (Fsp3) is 0.600. The Labute approximate surface area is 150 Å². The van der Waals surface area contributed by atoms with Crippen molar-refractivity contribution in [3.63, 3.8) is 0 Å². The van der Waals surface area contributed by atoms with Gasteiger partial charge in [0.1, 0.15) is 11.6 Å². The molecule has 1 atom stereocenters. The average Bonchev–Trinajstić information content (AvgIpc) is 3.18. The van der Waals surface area contributed by atoms with E-state index in [1.165, 1.54) is 54.3 Å². The van der Waals surface area contributed by atoms with E-state index >= 15 is 0 Å². The third kappa shape index (κ3) is 3.30. The van der Waals surface area contributed by atoms with Crippen molar-refractivity contribution < 1.29 is 0 Å². The SMILES string of the molecule is Cc1cc(CN2CCCC(c3nnc4n3CCC4)C2)ccc1N(C)C. The van der Waals surface area contributed by atoms with Crippen molar-refractivity contribution in [2.24, 2.45) is 0 Å². The van der Waals surface area contributed by atoms with Crippen molar-refractivity contribution in [1.29, 1.82) is 0 Å². The number of piperidine rings is 1. The van der Waals surface area contributed by atoms with Crippen LogP contribution in [0.15, 0.2) is 18.2 Å². The zero-order chi connectivity index (χ0) is 17.4. The Morgan fingerprint density at radius 1 is 1.16 bits per heavy atom. The molecule has 4 rings (SSSR count). The van der Waals surface area contributed by atoms with Gasteiger partial charge in [-0.25, -0.2) is 0 Å². The zero-order valence-corrected chi connectivity index (χ0v) is 15.7. The number of aryl methyl sites for hydroxylation is 2. The molecule has 2 aromatic rings. The second-order valence-corrected chi connectivity index (χ2v) is 7.82. The molecular weight excluding hydrogens is 310 g/mol. The highest BCUT2D eigenvalue weighted by molar-refractivity contribution is 5.53. The van der Waals surface area contributed by atoms with Crippen LogP contribution in [0.4, 0.5) is 5.69 Å². The lowest BCUT2D eigenvalue weighted by atomic mass is 9.96. The maximum atomic E-state index is 4.53. The number of hydrogen-bond acceptors (Lipinski definition) is 4. The Morgan fingerprint density at radius 3 is 2.84 bits per heavy atom. The first-order valence-electron chi connectivity index (χ1n) is 9.53. The highest BCUT2D eigenvalue weighted by atomic mass is 15.3. The first kappa shape index (κ1) is 16.6. The lowest BCUT2D eigenvalue weighted by molar-refractivity contribution is 0.194. The molecule has 1 aromatic heterocycles. The summed E-state index contributed by atoms with van der Waals surface area (Å²) in [6.45, 7) is 6.64. The van der Waals surface area contributed by atoms with Crippen LogP contribution in [-0.2, 0) is 19.5 Å². The lowest BCUT2D eigenvalue weighted by Crippen LogP contribution is -2.35. The van der Waals surface area contributed by atoms with Crippen molar-refractivity contribution in [2.45, 2.75) is 51.6 Å². The number of benzene rings is 1. The van der Waals surface area contributed by atoms with Crippen molar-refractivity contribution in [2.75, 3.05) is 32.1 Å². The molecule has 5 heteroatoms. The van der Waals surface area contributed by atoms with Gasteiger partial charge in [0.05, 0.1) is 0 Å². The minimum Gasteiger partial charge on any atom is -0.377 e. The predicted molar refractivity (Wildman–Crippen MR) is 101 cm³/mol. The van der Waals surface area contributed by atoms with Gasteiger partial charge >= 0.3 is 0 Å². The molecule has 1 unspecified atom stereocenters. The minimum absolute atomic E-state index is 0.537. The molecule has 0 N–H and O–H groups in total. The van der Waals surface area contributed by atoms with Gasteiger partial charge in [-0.1, -0.05) is 12.1 Å². The molecule has 0 aliphatic carbocycles. The molecule has 0 amide bonds. The Kier molecular flexibility index (Phi) is 4.50. The maximum absolute atomic E-state index is 4.53. The second-order valence-electron chi connectivity index (χ2n) is 7.82. The van der Waals surface area contributed by atoms with E-state index in [1.807, 2.05) is 0 Å². The highest BCUT2D eigenvalue weighted by Gasteiger charge is 2.28. The van der Waals surface area contributed by atoms with Crippen LogP contribution in [0, 0.1) is 6.92 Å². The third-order valence-corrected chi connectivity index (χ3v) is 5.66. The molecule has 0 bridgehead atoms. The zero-order valence-electron chi connectivity index (χ0n) is 15.7. The van der Waals surface area contributed by atoms with Gasteiger partial charge in [-0.15, -0.1) is 10.2 Å². The van der Waals surface area contributed by atoms with Crippen LogP contribution in [0.1, 0.15) is 48.0 Å². The van der Waals surface area contributed by atoms with Gasteiger partial charge < -0.3 is 9.47 Å². The summed E-state index contributed by atoms with van der Waals surface area (Å²) < 4.78 is 2.38. The molecule has 0 spiro atoms. The van der Waals surface area contributed by atoms with Gasteiger partial charge in [-0.3, -0.25) is 4.90 Å². The molecule has 1 saturated heterocycles. The fourth-order valence-electron chi connectivity index (χ4n) is 4.46. The summed E-state index contributed by atoms with van der Waals surface area (Å²) in [7, 11) is 4.21. The van der Waals surface area contributed by atoms with Gasteiger partial charge in [0, 0.05) is 51.8 Å². The first-order valence-corrected chi connectivity index (χ1v) is 9.53. The predicted octanol–water partition coefficient (Wildman–Crippen LogP) is 2.98. The molecule has 1 fully saturated rings. The summed E-state index contributed by atoms with van der Waals surface area (Å²) in [6.07, 6.45) is 4.82. The molecule has 2 aliphatic rings. The molecule has 5 nitrogen and oxygen atoms in total. The van der Waals surface area contributed by atoms with E-state index in [-0.39, 0.29) is 0 Å². The van der Waals surface area contributed by atoms with E-state index in [2.05, 4.69) is 63.8 Å². The van der Waals surface area contributed by atoms with Crippen molar-refractivity contribution in [3.05, 3.63) is 41.0 Å². The van der Waals surface area contributed by atoms with Crippen molar-refractivity contribution in [1.82, 2.24) is 19.7 Å². The monoisotopic (exact) mass is 339 g/mol. The third-order valence-electron chi connectivity index (χ3n) is 5.66. The Balaban J connectivity index is 1.45. The Bertz CT molecular complexity index is 749. The number of likely N-dealkylation sites (tertiary alicyclic amines) is 1. The Hall–Kier alpha value is -1.88. The standard InChI is InChI=1S/C20H29N5/c1-15-12-16(8-9-18(15)23(2)3)13-24-10-4-6-17(14-24)20-22-21-19-7-5-11-25(19)20/h8-9,12,17H,4-7,10-11,13-14H2,1-3H3. The van der Waals surface area contributed by atoms with Gasteiger partial charge in [0.25, 0.3) is 0 Å². The van der Waals surface area contributed by atoms with Gasteiger partial charge in [0.15, 0.2) is 0 Å². The van der Waals surface area contributed by atoms with Gasteiger partial charge in [-0.2, -0.15) is 0 Å². The number of rotatable bonds is 4. The fourth-order valence-corrected chi connectivity index (χ4v) is 4.46. The number of aromatic nitrogens is 3. The molecule has 0 saturated carbocycles. The molecule has 134 valence electrons. The molecule has 3 heterocycles. The summed E-state index contributed by atoms with van der Waals surface area (Å²) >= 11 is 0. The summed E-state index contributed by atoms with van der Waals surface area (Å²) in [5.41, 5.74) is 4.07. The van der Waals surface area contributed by atoms with E-state index in [4.69, 9.17) is 0 Å². The minimum atomic E-state index is 0.537. The summed E-state index contributed by atoms with van der Waals surface area (Å²) in [5, 5.41) is 8.94. The topological polar surface area (TPSA) is 37.2 Å². The average molecular weight is 339 g/mol. The second kappa shape index (κ2) is 6.79. The van der Waals surface area contributed by atoms with Crippen LogP contribution in [0.5, 0.6) is 0 Å². The van der Waals surface area contributed by atoms with Crippen LogP contribution in [0.2, 0.25) is 0 Å². The quantitative estimate of drug-likeness (QED) is 0.858. The summed E-state index contributed by atoms with van der Waals surface area (Å²) in [5.74, 6) is 2.97. The first-order chi connectivity index (χ1) is 12.1. The van der Waals surface area contributed by atoms with Crippen LogP contribution in [0.25, 0.3) is 0 Å². The lowest BCUT2D eigenvalue weighted by Gasteiger charge is -2.32. The summed E-state index contributed by atoms with van der Waals surface area (Å²) in [4.78, 5) is 4.77. The van der Waals surface area contributed by atoms with Crippen molar-refractivity contribution >= 4 is 5.69 Å². The Morgan fingerprint density at radius 2 is 2.04 bits per heavy atom. The van der Waals surface area contributed by atoms with Crippen LogP contribution < -0.4 is 4.90 Å². The largest absolute Gasteiger partial charge is 0.377 e. The number of fused-ring (bicyclic) bond motifs is 1. The molecule has 25 heavy (non-hydrogen) atoms. The van der Waals surface area contributed by atoms with E-state index < -0.39 is 0 Å². The number of anilines is 1. The van der Waals surface area contributed by atoms with Gasteiger partial charge in [0.2, 0.25) is 0 Å². The normalized spacial score (nSPS) is 20.7. The highest BCUT2D eigenvalue weighted by Crippen LogP contribution is 2.29. The molecule has 2 aliphatic heterocycles. The number of nitrogens with zero attached hydrogens (tertiary/aromatic N) is 5.